The summed E-state index contributed by atoms with van der Waals surface area (Å²) in [7, 11) is 0. The van der Waals surface area contributed by atoms with Gasteiger partial charge in [0.05, 0.1) is 42.4 Å². The number of rotatable bonds is 12. The Morgan fingerprint density at radius 3 is 2.14 bits per heavy atom. The van der Waals surface area contributed by atoms with Crippen LogP contribution < -0.4 is 5.32 Å². The molecule has 0 spiro atoms. The summed E-state index contributed by atoms with van der Waals surface area (Å²) >= 11 is 0. The standard InChI is InChI=1S/C47H55NO17/c1-23-32-27(61-41(57)36(62-31(53)19-18-30(51)52)34(25-14-10-8-11-15-25)48-42(58)65-43(3,4)5)21-47(59)39(63-40(56)26-16-12-9-13-17-26)37-44(6,38(55)35(54)33(23)45(32,47)7)28(50)20-29-46(37,22-60-29)64-24(2)49/h8-17,27-29,32,34-37,39,50,54,59H,18-22H2,1-7H3,(H,48,58)(H,51,52)/t27-,28-,29?,32?,34-,35+,36+,37-,39-,44+,45?,46?,47+/m1/s1. The van der Waals surface area contributed by atoms with E-state index in [-0.39, 0.29) is 29.7 Å². The second kappa shape index (κ2) is 16.9. The fraction of sp³-hybridized carbons (Fsp3) is 0.553. The van der Waals surface area contributed by atoms with E-state index in [1.54, 1.807) is 64.1 Å². The molecular formula is C47H55NO17. The summed E-state index contributed by atoms with van der Waals surface area (Å²) in [6.07, 6.45) is -12.9. The van der Waals surface area contributed by atoms with Crippen molar-refractivity contribution in [1.82, 2.24) is 5.32 Å². The van der Waals surface area contributed by atoms with Crippen molar-refractivity contribution in [2.75, 3.05) is 6.61 Å². The summed E-state index contributed by atoms with van der Waals surface area (Å²) in [5.74, 6) is -8.92. The number of aliphatic hydroxyl groups excluding tert-OH is 2. The molecule has 350 valence electrons. The zero-order chi connectivity index (χ0) is 47.6. The van der Waals surface area contributed by atoms with Crippen LogP contribution in [0.1, 0.15) is 96.1 Å². The first kappa shape index (κ1) is 47.3. The number of fused-ring (bicyclic) bond motifs is 3. The number of ether oxygens (including phenoxy) is 6. The van der Waals surface area contributed by atoms with Gasteiger partial charge >= 0.3 is 35.9 Å². The number of Topliss-reactive ketones (excluding diaryl/α,β-unsaturated/α-hetero) is 1. The van der Waals surface area contributed by atoms with Gasteiger partial charge in [-0.1, -0.05) is 61.0 Å². The highest BCUT2D eigenvalue weighted by atomic mass is 16.6. The maximum Gasteiger partial charge on any atom is 0.408 e. The van der Waals surface area contributed by atoms with Crippen molar-refractivity contribution in [1.29, 1.82) is 0 Å². The number of ketones is 1. The second-order valence-electron chi connectivity index (χ2n) is 19.0. The summed E-state index contributed by atoms with van der Waals surface area (Å²) in [5, 5.41) is 49.7. The van der Waals surface area contributed by atoms with E-state index >= 15 is 0 Å². The van der Waals surface area contributed by atoms with E-state index < -0.39 is 143 Å². The van der Waals surface area contributed by atoms with Crippen molar-refractivity contribution in [2.24, 2.45) is 22.7 Å². The smallest absolute Gasteiger partial charge is 0.408 e. The van der Waals surface area contributed by atoms with Gasteiger partial charge in [0.15, 0.2) is 11.4 Å². The van der Waals surface area contributed by atoms with Crippen molar-refractivity contribution in [3.63, 3.8) is 0 Å². The number of hydrogen-bond acceptors (Lipinski definition) is 16. The number of alkyl carbamates (subject to hydrolysis) is 1. The highest BCUT2D eigenvalue weighted by Gasteiger charge is 2.82. The lowest BCUT2D eigenvalue weighted by atomic mass is 9.43. The Labute approximate surface area is 374 Å². The zero-order valence-corrected chi connectivity index (χ0v) is 37.1. The molecule has 5 aliphatic rings. The SMILES string of the molecule is CC(=O)OC12COC1C[C@@H](O)[C@]1(C)C(=O)[C@@H](O)C3=C(C)C4[C@H](OC(=O)[C@@H](OC(=O)CCC(=O)O)[C@H](NC(=O)OC(C)(C)C)c5ccccc5)C[C@](O)([C@H](OC(=O)c5ccccc5)[C@@H]21)C34C. The zero-order valence-electron chi connectivity index (χ0n) is 37.1. The Morgan fingerprint density at radius 1 is 0.938 bits per heavy atom. The number of aliphatic hydroxyl groups is 3. The maximum atomic E-state index is 15.0. The van der Waals surface area contributed by atoms with Crippen molar-refractivity contribution in [2.45, 2.75) is 134 Å². The molecule has 2 aromatic carbocycles. The van der Waals surface area contributed by atoms with E-state index in [1.807, 2.05) is 0 Å². The van der Waals surface area contributed by atoms with Crippen LogP contribution >= 0.6 is 0 Å². The van der Waals surface area contributed by atoms with Gasteiger partial charge in [-0.25, -0.2) is 14.4 Å². The van der Waals surface area contributed by atoms with Crippen molar-refractivity contribution in [3.05, 3.63) is 82.9 Å². The number of carbonyl (C=O) groups is 7. The van der Waals surface area contributed by atoms with Crippen molar-refractivity contribution >= 4 is 41.7 Å². The van der Waals surface area contributed by atoms with Crippen LogP contribution in [-0.4, -0.2) is 122 Å². The molecule has 18 heteroatoms. The normalized spacial score (nSPS) is 34.2. The second-order valence-corrected chi connectivity index (χ2v) is 19.0. The van der Waals surface area contributed by atoms with Gasteiger partial charge in [0.25, 0.3) is 0 Å². The van der Waals surface area contributed by atoms with Crippen LogP contribution in [0.15, 0.2) is 71.8 Å². The molecule has 0 radical (unpaired) electrons. The summed E-state index contributed by atoms with van der Waals surface area (Å²) in [5.41, 5.74) is -8.29. The molecule has 0 aromatic heterocycles. The van der Waals surface area contributed by atoms with Crippen LogP contribution in [0.4, 0.5) is 4.79 Å². The average Bonchev–Trinajstić information content (AvgIpc) is 3.42. The minimum Gasteiger partial charge on any atom is -0.481 e. The quantitative estimate of drug-likeness (QED) is 0.116. The van der Waals surface area contributed by atoms with Crippen LogP contribution in [-0.2, 0) is 52.4 Å². The first-order chi connectivity index (χ1) is 30.4. The molecule has 2 aromatic rings. The van der Waals surface area contributed by atoms with Gasteiger partial charge in [-0.2, -0.15) is 0 Å². The minimum absolute atomic E-state index is 0.0418. The summed E-state index contributed by atoms with van der Waals surface area (Å²) in [6.45, 7) is 10.1. The molecule has 1 aliphatic heterocycles. The van der Waals surface area contributed by atoms with E-state index in [0.29, 0.717) is 5.57 Å². The molecule has 13 atom stereocenters. The largest absolute Gasteiger partial charge is 0.481 e. The van der Waals surface area contributed by atoms with E-state index in [1.165, 1.54) is 38.1 Å². The Bertz CT molecular complexity index is 2290. The summed E-state index contributed by atoms with van der Waals surface area (Å²) < 4.78 is 35.7. The number of carboxylic acid groups (broad SMARTS) is 1. The average molecular weight is 906 g/mol. The third-order valence-electron chi connectivity index (χ3n) is 14.1. The molecule has 4 aliphatic carbocycles. The fourth-order valence-electron chi connectivity index (χ4n) is 11.2. The number of aliphatic carboxylic acids is 1. The molecule has 1 saturated heterocycles. The minimum atomic E-state index is -2.39. The van der Waals surface area contributed by atoms with E-state index in [2.05, 4.69) is 5.32 Å². The van der Waals surface area contributed by atoms with E-state index in [9.17, 15) is 54.0 Å². The van der Waals surface area contributed by atoms with Gasteiger partial charge in [0, 0.05) is 31.1 Å². The third kappa shape index (κ3) is 7.87. The van der Waals surface area contributed by atoms with Crippen LogP contribution in [0.3, 0.4) is 0 Å². The maximum absolute atomic E-state index is 15.0. The molecule has 7 rings (SSSR count). The van der Waals surface area contributed by atoms with Gasteiger partial charge in [0.1, 0.15) is 41.7 Å². The van der Waals surface area contributed by atoms with E-state index in [4.69, 9.17) is 28.4 Å². The Hall–Kier alpha value is -5.69. The van der Waals surface area contributed by atoms with Gasteiger partial charge in [-0.05, 0) is 57.9 Å². The third-order valence-corrected chi connectivity index (χ3v) is 14.1. The Kier molecular flexibility index (Phi) is 12.3. The monoisotopic (exact) mass is 905 g/mol. The molecular weight excluding hydrogens is 851 g/mol. The number of hydrogen-bond donors (Lipinski definition) is 5. The first-order valence-electron chi connectivity index (χ1n) is 21.5. The highest BCUT2D eigenvalue weighted by Crippen LogP contribution is 2.72. The summed E-state index contributed by atoms with van der Waals surface area (Å²) in [6, 6.07) is 14.2. The van der Waals surface area contributed by atoms with Gasteiger partial charge in [-0.3, -0.25) is 19.2 Å². The number of esters is 4. The molecule has 1 heterocycles. The number of benzene rings is 2. The lowest BCUT2D eigenvalue weighted by Gasteiger charge is -2.67. The topological polar surface area (TPSA) is 268 Å². The molecule has 65 heavy (non-hydrogen) atoms. The van der Waals surface area contributed by atoms with Gasteiger partial charge < -0.3 is 54.2 Å². The molecule has 3 saturated carbocycles. The number of carboxylic acids is 1. The van der Waals surface area contributed by atoms with Gasteiger partial charge in [-0.15, -0.1) is 0 Å². The lowest BCUT2D eigenvalue weighted by molar-refractivity contribution is -0.344. The molecule has 0 bridgehead atoms. The first-order valence-corrected chi connectivity index (χ1v) is 21.5. The summed E-state index contributed by atoms with van der Waals surface area (Å²) in [4.78, 5) is 95.1. The van der Waals surface area contributed by atoms with Crippen LogP contribution in [0.5, 0.6) is 0 Å². The number of carbonyl (C=O) groups excluding carboxylic acids is 6. The Morgan fingerprint density at radius 2 is 1.57 bits per heavy atom. The van der Waals surface area contributed by atoms with Gasteiger partial charge in [0.2, 0.25) is 6.10 Å². The predicted octanol–water partition coefficient (Wildman–Crippen LogP) is 3.29. The molecule has 18 nitrogen and oxygen atoms in total. The molecule has 4 unspecified atom stereocenters. The number of amides is 1. The van der Waals surface area contributed by atoms with Crippen molar-refractivity contribution < 1.29 is 82.4 Å². The van der Waals surface area contributed by atoms with E-state index in [0.717, 1.165) is 6.92 Å². The lowest BCUT2D eigenvalue weighted by Crippen LogP contribution is -2.81. The van der Waals surface area contributed by atoms with Crippen LogP contribution in [0.2, 0.25) is 0 Å². The Balaban J connectivity index is 1.36. The van der Waals surface area contributed by atoms with Crippen LogP contribution in [0.25, 0.3) is 0 Å². The fourth-order valence-corrected chi connectivity index (χ4v) is 11.2. The molecule has 1 amide bonds. The highest BCUT2D eigenvalue weighted by molar-refractivity contribution is 5.95. The predicted molar refractivity (Wildman–Crippen MR) is 222 cm³/mol. The van der Waals surface area contributed by atoms with Crippen LogP contribution in [0, 0.1) is 22.7 Å². The van der Waals surface area contributed by atoms with Crippen molar-refractivity contribution in [3.8, 4) is 0 Å². The molecule has 4 fully saturated rings. The molecule has 5 N–H and O–H groups in total. The number of nitrogens with one attached hydrogen (secondary N) is 1.